The fraction of sp³-hybridized carbons (Fsp3) is 0.880. The van der Waals surface area contributed by atoms with Gasteiger partial charge < -0.3 is 15.5 Å². The Kier molecular flexibility index (Phi) is 7.15. The average molecular weight is 406 g/mol. The van der Waals surface area contributed by atoms with E-state index in [1.54, 1.807) is 0 Å². The molecule has 4 nitrogen and oxygen atoms in total. The van der Waals surface area contributed by atoms with Gasteiger partial charge in [-0.25, -0.2) is 0 Å². The van der Waals surface area contributed by atoms with Gasteiger partial charge >= 0.3 is 0 Å². The molecule has 3 rings (SSSR count). The minimum Gasteiger partial charge on any atom is -0.396 e. The van der Waals surface area contributed by atoms with Crippen molar-refractivity contribution in [2.75, 3.05) is 13.2 Å². The standard InChI is InChI=1S/C25H43NO3/c1-5-6-7-23(29)26-15-20-21-9-8-17(2)24(21,3)13-11-22(20)25(4)12-10-19(28)14-18(25)16-27/h18-22,27-28H,2,5-16H2,1,3-4H3,(H,26,29)/t18-,19+,20+,21+,22-,24-,25+/m1/s1. The summed E-state index contributed by atoms with van der Waals surface area (Å²) in [5.74, 6) is 1.78. The van der Waals surface area contributed by atoms with E-state index in [4.69, 9.17) is 0 Å². The third-order valence-corrected chi connectivity index (χ3v) is 9.26. The molecule has 0 heterocycles. The van der Waals surface area contributed by atoms with Crippen LogP contribution in [-0.4, -0.2) is 35.4 Å². The molecule has 1 amide bonds. The Bertz CT molecular complexity index is 605. The first kappa shape index (κ1) is 22.8. The predicted octanol–water partition coefficient (Wildman–Crippen LogP) is 4.45. The highest BCUT2D eigenvalue weighted by molar-refractivity contribution is 5.75. The number of hydrogen-bond donors (Lipinski definition) is 3. The Balaban J connectivity index is 1.84. The van der Waals surface area contributed by atoms with Crippen LogP contribution in [-0.2, 0) is 4.79 Å². The monoisotopic (exact) mass is 405 g/mol. The van der Waals surface area contributed by atoms with Gasteiger partial charge in [-0.2, -0.15) is 0 Å². The summed E-state index contributed by atoms with van der Waals surface area (Å²) >= 11 is 0. The number of rotatable bonds is 7. The molecule has 0 spiro atoms. The van der Waals surface area contributed by atoms with Gasteiger partial charge in [0.15, 0.2) is 0 Å². The zero-order chi connectivity index (χ0) is 21.2. The van der Waals surface area contributed by atoms with Crippen molar-refractivity contribution in [3.05, 3.63) is 12.2 Å². The Morgan fingerprint density at radius 3 is 2.66 bits per heavy atom. The van der Waals surface area contributed by atoms with Gasteiger partial charge in [0.05, 0.1) is 6.10 Å². The van der Waals surface area contributed by atoms with Crippen LogP contribution in [0, 0.1) is 34.5 Å². The van der Waals surface area contributed by atoms with Crippen LogP contribution in [0.3, 0.4) is 0 Å². The Labute approximate surface area is 177 Å². The van der Waals surface area contributed by atoms with Crippen LogP contribution in [0.25, 0.3) is 0 Å². The van der Waals surface area contributed by atoms with Crippen LogP contribution in [0.2, 0.25) is 0 Å². The van der Waals surface area contributed by atoms with Gasteiger partial charge in [0.2, 0.25) is 5.91 Å². The van der Waals surface area contributed by atoms with Gasteiger partial charge in [-0.15, -0.1) is 0 Å². The Hall–Kier alpha value is -0.870. The maximum atomic E-state index is 12.4. The van der Waals surface area contributed by atoms with Crippen molar-refractivity contribution in [2.24, 2.45) is 34.5 Å². The fourth-order valence-electron chi connectivity index (χ4n) is 7.12. The average Bonchev–Trinajstić information content (AvgIpc) is 3.01. The maximum absolute atomic E-state index is 12.4. The van der Waals surface area contributed by atoms with Gasteiger partial charge in [0, 0.05) is 19.6 Å². The number of aliphatic hydroxyl groups excluding tert-OH is 2. The molecule has 0 aromatic heterocycles. The molecule has 3 aliphatic carbocycles. The summed E-state index contributed by atoms with van der Waals surface area (Å²) in [6.07, 6.45) is 9.38. The van der Waals surface area contributed by atoms with Crippen molar-refractivity contribution < 1.29 is 15.0 Å². The number of fused-ring (bicyclic) bond motifs is 1. The van der Waals surface area contributed by atoms with Crippen molar-refractivity contribution in [3.63, 3.8) is 0 Å². The topological polar surface area (TPSA) is 69.6 Å². The molecular weight excluding hydrogens is 362 g/mol. The molecule has 4 heteroatoms. The normalized spacial score (nSPS) is 42.5. The second-order valence-corrected chi connectivity index (χ2v) is 10.7. The third kappa shape index (κ3) is 4.30. The lowest BCUT2D eigenvalue weighted by Gasteiger charge is -2.56. The molecular formula is C25H43NO3. The summed E-state index contributed by atoms with van der Waals surface area (Å²) in [7, 11) is 0. The molecule has 3 N–H and O–H groups in total. The lowest BCUT2D eigenvalue weighted by molar-refractivity contribution is -0.123. The molecule has 0 radical (unpaired) electrons. The van der Waals surface area contributed by atoms with Gasteiger partial charge in [-0.3, -0.25) is 4.79 Å². The van der Waals surface area contributed by atoms with Crippen LogP contribution < -0.4 is 5.32 Å². The number of hydrogen-bond acceptors (Lipinski definition) is 3. The summed E-state index contributed by atoms with van der Waals surface area (Å²) in [6.45, 7) is 12.2. The molecule has 0 aliphatic heterocycles. The van der Waals surface area contributed by atoms with Crippen molar-refractivity contribution in [1.82, 2.24) is 5.32 Å². The molecule has 0 aromatic rings. The minimum absolute atomic E-state index is 0.0258. The van der Waals surface area contributed by atoms with E-state index in [9.17, 15) is 15.0 Å². The van der Waals surface area contributed by atoms with E-state index in [0.717, 1.165) is 51.5 Å². The van der Waals surface area contributed by atoms with Gasteiger partial charge in [0.1, 0.15) is 0 Å². The third-order valence-electron chi connectivity index (χ3n) is 9.26. The van der Waals surface area contributed by atoms with Crippen LogP contribution in [0.5, 0.6) is 0 Å². The molecule has 3 fully saturated rings. The summed E-state index contributed by atoms with van der Waals surface area (Å²) in [5.41, 5.74) is 1.61. The van der Waals surface area contributed by atoms with Crippen LogP contribution in [0.1, 0.15) is 85.0 Å². The fourth-order valence-corrected chi connectivity index (χ4v) is 7.12. The van der Waals surface area contributed by atoms with Gasteiger partial charge in [-0.05, 0) is 85.9 Å². The maximum Gasteiger partial charge on any atom is 0.220 e. The molecule has 0 saturated heterocycles. The highest BCUT2D eigenvalue weighted by Gasteiger charge is 2.56. The van der Waals surface area contributed by atoms with Crippen molar-refractivity contribution >= 4 is 5.91 Å². The molecule has 0 bridgehead atoms. The second-order valence-electron chi connectivity index (χ2n) is 10.7. The second kappa shape index (κ2) is 9.09. The van der Waals surface area contributed by atoms with E-state index < -0.39 is 0 Å². The Morgan fingerprint density at radius 2 is 1.97 bits per heavy atom. The smallest absolute Gasteiger partial charge is 0.220 e. The first-order valence-corrected chi connectivity index (χ1v) is 12.0. The highest BCUT2D eigenvalue weighted by atomic mass is 16.3. The lowest BCUT2D eigenvalue weighted by atomic mass is 9.49. The van der Waals surface area contributed by atoms with Crippen molar-refractivity contribution in [2.45, 2.75) is 91.1 Å². The number of amides is 1. The molecule has 0 aromatic carbocycles. The van der Waals surface area contributed by atoms with Gasteiger partial charge in [0.25, 0.3) is 0 Å². The molecule has 29 heavy (non-hydrogen) atoms. The first-order chi connectivity index (χ1) is 13.8. The lowest BCUT2D eigenvalue weighted by Crippen LogP contribution is -2.53. The number of unbranched alkanes of at least 4 members (excludes halogenated alkanes) is 1. The minimum atomic E-state index is -0.285. The summed E-state index contributed by atoms with van der Waals surface area (Å²) < 4.78 is 0. The quantitative estimate of drug-likeness (QED) is 0.548. The van der Waals surface area contributed by atoms with E-state index in [-0.39, 0.29) is 35.4 Å². The number of carbonyl (C=O) groups is 1. The predicted molar refractivity (Wildman–Crippen MR) is 117 cm³/mol. The highest BCUT2D eigenvalue weighted by Crippen LogP contribution is 2.63. The zero-order valence-electron chi connectivity index (χ0n) is 18.9. The zero-order valence-corrected chi connectivity index (χ0v) is 18.9. The van der Waals surface area contributed by atoms with E-state index >= 15 is 0 Å². The molecule has 3 aliphatic rings. The summed E-state index contributed by atoms with van der Waals surface area (Å²) in [6, 6.07) is 0. The Morgan fingerprint density at radius 1 is 1.21 bits per heavy atom. The van der Waals surface area contributed by atoms with E-state index in [1.165, 1.54) is 12.0 Å². The summed E-state index contributed by atoms with van der Waals surface area (Å²) in [5, 5.41) is 23.7. The van der Waals surface area contributed by atoms with Gasteiger partial charge in [-0.1, -0.05) is 39.3 Å². The van der Waals surface area contributed by atoms with Crippen LogP contribution in [0.15, 0.2) is 12.2 Å². The SMILES string of the molecule is C=C1CC[C@H]2[C@H](CNC(=O)CCCC)[C@H]([C@@]3(C)CC[C@H](O)C[C@@H]3CO)CC[C@]12C. The molecule has 0 unspecified atom stereocenters. The summed E-state index contributed by atoms with van der Waals surface area (Å²) in [4.78, 5) is 12.4. The van der Waals surface area contributed by atoms with E-state index in [1.807, 2.05) is 0 Å². The molecule has 7 atom stereocenters. The largest absolute Gasteiger partial charge is 0.396 e. The molecule has 3 saturated carbocycles. The number of nitrogens with one attached hydrogen (secondary N) is 1. The molecule has 166 valence electrons. The van der Waals surface area contributed by atoms with E-state index in [0.29, 0.717) is 30.6 Å². The number of allylic oxidation sites excluding steroid dienone is 1. The number of aliphatic hydroxyl groups is 2. The van der Waals surface area contributed by atoms with Crippen molar-refractivity contribution in [3.8, 4) is 0 Å². The van der Waals surface area contributed by atoms with Crippen molar-refractivity contribution in [1.29, 1.82) is 0 Å². The van der Waals surface area contributed by atoms with Crippen LogP contribution in [0.4, 0.5) is 0 Å². The van der Waals surface area contributed by atoms with Crippen LogP contribution >= 0.6 is 0 Å². The number of carbonyl (C=O) groups excluding carboxylic acids is 1. The first-order valence-electron chi connectivity index (χ1n) is 12.0. The van der Waals surface area contributed by atoms with E-state index in [2.05, 4.69) is 32.7 Å².